The summed E-state index contributed by atoms with van der Waals surface area (Å²) >= 11 is 0. The van der Waals surface area contributed by atoms with E-state index in [0.29, 0.717) is 24.6 Å². The number of rotatable bonds is 11. The highest BCUT2D eigenvalue weighted by Gasteiger charge is 2.06. The van der Waals surface area contributed by atoms with Gasteiger partial charge in [0.15, 0.2) is 15.8 Å². The summed E-state index contributed by atoms with van der Waals surface area (Å²) in [4.78, 5) is 5.05. The fourth-order valence-corrected chi connectivity index (χ4v) is 3.54. The van der Waals surface area contributed by atoms with Crippen LogP contribution in [0, 0.1) is 0 Å². The molecule has 2 N–H and O–H groups in total. The van der Waals surface area contributed by atoms with E-state index in [1.165, 1.54) is 6.26 Å². The van der Waals surface area contributed by atoms with Gasteiger partial charge in [0.05, 0.1) is 18.0 Å². The maximum Gasteiger partial charge on any atom is 0.191 e. The third kappa shape index (κ3) is 10.0. The summed E-state index contributed by atoms with van der Waals surface area (Å²) in [6.45, 7) is 7.55. The van der Waals surface area contributed by atoms with Crippen LogP contribution in [0.3, 0.4) is 0 Å². The second-order valence-electron chi connectivity index (χ2n) is 7.11. The normalized spacial score (nSPS) is 11.6. The van der Waals surface area contributed by atoms with E-state index >= 15 is 0 Å². The number of nitrogens with one attached hydrogen (secondary N) is 2. The van der Waals surface area contributed by atoms with Crippen molar-refractivity contribution in [2.24, 2.45) is 4.99 Å². The predicted molar refractivity (Wildman–Crippen MR) is 138 cm³/mol. The summed E-state index contributed by atoms with van der Waals surface area (Å²) < 4.78 is 28.8. The van der Waals surface area contributed by atoms with Crippen LogP contribution in [0.2, 0.25) is 0 Å². The van der Waals surface area contributed by atoms with Gasteiger partial charge in [0.2, 0.25) is 0 Å². The van der Waals surface area contributed by atoms with Crippen LogP contribution in [-0.4, -0.2) is 40.3 Å². The molecule has 31 heavy (non-hydrogen) atoms. The van der Waals surface area contributed by atoms with Gasteiger partial charge >= 0.3 is 0 Å². The molecular weight excluding hydrogens is 525 g/mol. The fourth-order valence-electron chi connectivity index (χ4n) is 2.91. The van der Waals surface area contributed by atoms with E-state index in [4.69, 9.17) is 9.73 Å². The highest BCUT2D eigenvalue weighted by atomic mass is 127. The van der Waals surface area contributed by atoms with Gasteiger partial charge in [-0.15, -0.1) is 24.0 Å². The minimum Gasteiger partial charge on any atom is -0.377 e. The first-order valence-electron chi connectivity index (χ1n) is 10.4. The molecule has 0 fully saturated rings. The molecule has 0 aliphatic rings. The minimum atomic E-state index is -3.16. The molecule has 0 aliphatic carbocycles. The van der Waals surface area contributed by atoms with E-state index in [1.54, 1.807) is 12.1 Å². The zero-order valence-electron chi connectivity index (χ0n) is 18.6. The third-order valence-electron chi connectivity index (χ3n) is 4.53. The number of benzene rings is 2. The molecule has 2 aromatic carbocycles. The van der Waals surface area contributed by atoms with Crippen LogP contribution in [-0.2, 0) is 34.1 Å². The lowest BCUT2D eigenvalue weighted by atomic mass is 10.1. The average Bonchev–Trinajstić information content (AvgIpc) is 2.73. The van der Waals surface area contributed by atoms with E-state index < -0.39 is 9.84 Å². The monoisotopic (exact) mass is 559 g/mol. The number of hydrogen-bond acceptors (Lipinski definition) is 4. The Morgan fingerprint density at radius 1 is 1.00 bits per heavy atom. The number of aliphatic imine (C=N–C) groups is 1. The van der Waals surface area contributed by atoms with Crippen molar-refractivity contribution >= 4 is 39.8 Å². The van der Waals surface area contributed by atoms with Crippen LogP contribution >= 0.6 is 24.0 Å². The quantitative estimate of drug-likeness (QED) is 0.189. The minimum absolute atomic E-state index is 0. The molecule has 0 aliphatic heterocycles. The third-order valence-corrected chi connectivity index (χ3v) is 5.66. The van der Waals surface area contributed by atoms with Gasteiger partial charge in [-0.3, -0.25) is 0 Å². The van der Waals surface area contributed by atoms with E-state index in [9.17, 15) is 8.42 Å². The summed E-state index contributed by atoms with van der Waals surface area (Å²) in [5, 5.41) is 6.61. The second-order valence-corrected chi connectivity index (χ2v) is 9.13. The van der Waals surface area contributed by atoms with Crippen LogP contribution < -0.4 is 10.6 Å². The Morgan fingerprint density at radius 2 is 1.68 bits per heavy atom. The molecule has 0 aromatic heterocycles. The zero-order valence-corrected chi connectivity index (χ0v) is 21.7. The maximum atomic E-state index is 11.6. The Balaban J connectivity index is 0.00000480. The van der Waals surface area contributed by atoms with Gasteiger partial charge in [-0.2, -0.15) is 0 Å². The van der Waals surface area contributed by atoms with Crippen LogP contribution in [0.1, 0.15) is 37.0 Å². The highest BCUT2D eigenvalue weighted by molar-refractivity contribution is 14.0. The summed E-state index contributed by atoms with van der Waals surface area (Å²) in [5.74, 6) is 0.759. The van der Waals surface area contributed by atoms with Gasteiger partial charge in [0, 0.05) is 26.0 Å². The van der Waals surface area contributed by atoms with Crippen molar-refractivity contribution in [2.75, 3.05) is 26.0 Å². The van der Waals surface area contributed by atoms with Crippen molar-refractivity contribution in [2.45, 2.75) is 44.7 Å². The van der Waals surface area contributed by atoms with Crippen molar-refractivity contribution in [1.29, 1.82) is 0 Å². The molecule has 172 valence electrons. The van der Waals surface area contributed by atoms with Gasteiger partial charge in [-0.05, 0) is 48.6 Å². The topological polar surface area (TPSA) is 79.8 Å². The van der Waals surface area contributed by atoms with Crippen LogP contribution in [0.25, 0.3) is 0 Å². The smallest absolute Gasteiger partial charge is 0.191 e. The van der Waals surface area contributed by atoms with Gasteiger partial charge < -0.3 is 15.4 Å². The molecule has 0 saturated carbocycles. The molecule has 2 rings (SSSR count). The zero-order chi connectivity index (χ0) is 21.8. The standard InChI is InChI=1S/C23H33N3O3S.HI/c1-4-16-29-18-21-9-7-6-8-20(21)17-26-23(24-5-2)25-15-14-19-10-12-22(13-11-19)30(3,27)28;/h6-13H,4-5,14-18H2,1-3H3,(H2,24,25,26);1H. The molecule has 8 heteroatoms. The van der Waals surface area contributed by atoms with E-state index in [1.807, 2.05) is 31.2 Å². The largest absolute Gasteiger partial charge is 0.377 e. The van der Waals surface area contributed by atoms with Crippen molar-refractivity contribution in [3.8, 4) is 0 Å². The second kappa shape index (κ2) is 14.4. The molecular formula is C23H34IN3O3S. The number of hydrogen-bond donors (Lipinski definition) is 2. The van der Waals surface area contributed by atoms with E-state index in [-0.39, 0.29) is 24.0 Å². The molecule has 0 radical (unpaired) electrons. The van der Waals surface area contributed by atoms with Crippen LogP contribution in [0.5, 0.6) is 0 Å². The number of sulfone groups is 1. The first-order chi connectivity index (χ1) is 14.4. The lowest BCUT2D eigenvalue weighted by Crippen LogP contribution is -2.38. The van der Waals surface area contributed by atoms with E-state index in [0.717, 1.165) is 48.6 Å². The first kappa shape index (κ1) is 27.4. The van der Waals surface area contributed by atoms with Gasteiger partial charge in [-0.1, -0.05) is 43.3 Å². The average molecular weight is 560 g/mol. The summed E-state index contributed by atoms with van der Waals surface area (Å²) in [6.07, 6.45) is 3.00. The van der Waals surface area contributed by atoms with Crippen LogP contribution in [0.15, 0.2) is 58.4 Å². The molecule has 0 spiro atoms. The van der Waals surface area contributed by atoms with Gasteiger partial charge in [0.1, 0.15) is 0 Å². The van der Waals surface area contributed by atoms with Crippen molar-refractivity contribution in [3.05, 3.63) is 65.2 Å². The highest BCUT2D eigenvalue weighted by Crippen LogP contribution is 2.12. The maximum absolute atomic E-state index is 11.6. The first-order valence-corrected chi connectivity index (χ1v) is 12.3. The van der Waals surface area contributed by atoms with E-state index in [2.05, 4.69) is 29.7 Å². The van der Waals surface area contributed by atoms with Crippen molar-refractivity contribution < 1.29 is 13.2 Å². The van der Waals surface area contributed by atoms with Gasteiger partial charge in [0.25, 0.3) is 0 Å². The summed E-state index contributed by atoms with van der Waals surface area (Å²) in [6, 6.07) is 15.2. The Bertz CT molecular complexity index is 916. The Kier molecular flexibility index (Phi) is 12.7. The Labute approximate surface area is 203 Å². The van der Waals surface area contributed by atoms with Crippen molar-refractivity contribution in [3.63, 3.8) is 0 Å². The molecule has 0 heterocycles. The summed E-state index contributed by atoms with van der Waals surface area (Å²) in [7, 11) is -3.16. The Morgan fingerprint density at radius 3 is 2.29 bits per heavy atom. The number of ether oxygens (including phenoxy) is 1. The predicted octanol–water partition coefficient (Wildman–Crippen LogP) is 3.93. The van der Waals surface area contributed by atoms with Gasteiger partial charge in [-0.25, -0.2) is 13.4 Å². The molecule has 0 amide bonds. The molecule has 0 unspecified atom stereocenters. The lowest BCUT2D eigenvalue weighted by Gasteiger charge is -2.13. The number of nitrogens with zero attached hydrogens (tertiary/aromatic N) is 1. The van der Waals surface area contributed by atoms with Crippen molar-refractivity contribution in [1.82, 2.24) is 10.6 Å². The lowest BCUT2D eigenvalue weighted by molar-refractivity contribution is 0.121. The molecule has 0 saturated heterocycles. The summed E-state index contributed by atoms with van der Waals surface area (Å²) in [5.41, 5.74) is 3.39. The fraction of sp³-hybridized carbons (Fsp3) is 0.435. The number of halogens is 1. The van der Waals surface area contributed by atoms with Crippen LogP contribution in [0.4, 0.5) is 0 Å². The number of guanidine groups is 1. The molecule has 6 nitrogen and oxygen atoms in total. The molecule has 0 atom stereocenters. The molecule has 2 aromatic rings. The SMILES string of the molecule is CCCOCc1ccccc1CN=C(NCC)NCCc1ccc(S(C)(=O)=O)cc1.I. The molecule has 0 bridgehead atoms. The Hall–Kier alpha value is -1.65.